The number of rotatable bonds is 4. The van der Waals surface area contributed by atoms with Gasteiger partial charge in [0, 0.05) is 17.1 Å². The number of aryl methyl sites for hydroxylation is 1. The quantitative estimate of drug-likeness (QED) is 0.620. The van der Waals surface area contributed by atoms with Gasteiger partial charge in [-0.15, -0.1) is 0 Å². The Balaban J connectivity index is 1.80. The molecule has 0 aliphatic carbocycles. The van der Waals surface area contributed by atoms with E-state index >= 15 is 0 Å². The van der Waals surface area contributed by atoms with Crippen molar-refractivity contribution in [1.29, 1.82) is 0 Å². The summed E-state index contributed by atoms with van der Waals surface area (Å²) in [4.78, 5) is 20.6. The van der Waals surface area contributed by atoms with Gasteiger partial charge in [-0.2, -0.15) is 13.2 Å². The highest BCUT2D eigenvalue weighted by molar-refractivity contribution is 6.03. The Morgan fingerprint density at radius 3 is 2.36 bits per heavy atom. The number of benzene rings is 2. The Labute approximate surface area is 157 Å². The van der Waals surface area contributed by atoms with Gasteiger partial charge in [0.05, 0.1) is 5.56 Å². The zero-order chi connectivity index (χ0) is 20.3. The van der Waals surface area contributed by atoms with Crippen molar-refractivity contribution in [2.45, 2.75) is 13.1 Å². The third kappa shape index (κ3) is 4.81. The topological polar surface area (TPSA) is 66.9 Å². The van der Waals surface area contributed by atoms with Crippen molar-refractivity contribution in [3.63, 3.8) is 0 Å². The molecule has 2 N–H and O–H groups in total. The van der Waals surface area contributed by atoms with Crippen LogP contribution in [0.15, 0.2) is 54.6 Å². The molecule has 28 heavy (non-hydrogen) atoms. The van der Waals surface area contributed by atoms with Gasteiger partial charge in [0.2, 0.25) is 5.95 Å². The van der Waals surface area contributed by atoms with Crippen molar-refractivity contribution in [3.05, 3.63) is 77.4 Å². The maximum atomic E-state index is 13.0. The average Bonchev–Trinajstić information content (AvgIpc) is 2.63. The Hall–Kier alpha value is -3.49. The highest BCUT2D eigenvalue weighted by Crippen LogP contribution is 2.30. The van der Waals surface area contributed by atoms with Crippen molar-refractivity contribution in [1.82, 2.24) is 9.97 Å². The van der Waals surface area contributed by atoms with Gasteiger partial charge in [0.25, 0.3) is 5.91 Å². The van der Waals surface area contributed by atoms with Crippen LogP contribution < -0.4 is 10.6 Å². The fourth-order valence-corrected chi connectivity index (χ4v) is 2.37. The summed E-state index contributed by atoms with van der Waals surface area (Å²) in [6.07, 6.45) is -4.52. The maximum Gasteiger partial charge on any atom is 0.416 e. The number of amides is 1. The van der Waals surface area contributed by atoms with E-state index in [0.717, 1.165) is 12.1 Å². The molecule has 0 bridgehead atoms. The summed E-state index contributed by atoms with van der Waals surface area (Å²) in [7, 11) is 0. The lowest BCUT2D eigenvalue weighted by Crippen LogP contribution is -2.16. The van der Waals surface area contributed by atoms with Gasteiger partial charge in [0.1, 0.15) is 11.5 Å². The molecule has 1 heterocycles. The first-order valence-corrected chi connectivity index (χ1v) is 8.07. The van der Waals surface area contributed by atoms with Crippen LogP contribution in [0.25, 0.3) is 0 Å². The largest absolute Gasteiger partial charge is 0.416 e. The zero-order valence-electron chi connectivity index (χ0n) is 14.5. The average molecular weight is 390 g/mol. The van der Waals surface area contributed by atoms with E-state index in [1.807, 2.05) is 0 Å². The molecule has 0 atom stereocenters. The van der Waals surface area contributed by atoms with Crippen LogP contribution in [0.5, 0.6) is 0 Å². The van der Waals surface area contributed by atoms with Crippen molar-refractivity contribution in [2.24, 2.45) is 0 Å². The van der Waals surface area contributed by atoms with Crippen LogP contribution in [0.3, 0.4) is 0 Å². The molecule has 0 aliphatic heterocycles. The van der Waals surface area contributed by atoms with Crippen LogP contribution in [0.2, 0.25) is 0 Å². The van der Waals surface area contributed by atoms with Crippen molar-refractivity contribution < 1.29 is 22.4 Å². The van der Waals surface area contributed by atoms with Gasteiger partial charge in [0.15, 0.2) is 0 Å². The lowest BCUT2D eigenvalue weighted by molar-refractivity contribution is -0.137. The Kier molecular flexibility index (Phi) is 5.25. The third-order valence-electron chi connectivity index (χ3n) is 3.63. The summed E-state index contributed by atoms with van der Waals surface area (Å²) >= 11 is 0. The Morgan fingerprint density at radius 1 is 0.964 bits per heavy atom. The number of alkyl halides is 3. The fraction of sp³-hybridized carbons (Fsp3) is 0.105. The predicted octanol–water partition coefficient (Wildman–Crippen LogP) is 4.94. The SMILES string of the molecule is Cc1cc(C(=O)Nc2cccc(C(F)(F)F)c2)nc(Nc2ccc(F)cc2)n1. The molecule has 0 aliphatic rings. The van der Waals surface area contributed by atoms with Gasteiger partial charge in [-0.1, -0.05) is 6.07 Å². The lowest BCUT2D eigenvalue weighted by atomic mass is 10.2. The molecule has 3 aromatic rings. The fourth-order valence-electron chi connectivity index (χ4n) is 2.37. The lowest BCUT2D eigenvalue weighted by Gasteiger charge is -2.11. The molecule has 2 aromatic carbocycles. The molecule has 3 rings (SSSR count). The number of halogens is 4. The van der Waals surface area contributed by atoms with Crippen LogP contribution in [0.1, 0.15) is 21.7 Å². The van der Waals surface area contributed by atoms with E-state index in [-0.39, 0.29) is 17.3 Å². The second-order valence-electron chi connectivity index (χ2n) is 5.88. The number of hydrogen-bond acceptors (Lipinski definition) is 4. The van der Waals surface area contributed by atoms with E-state index < -0.39 is 23.5 Å². The summed E-state index contributed by atoms with van der Waals surface area (Å²) in [6, 6.07) is 11.1. The van der Waals surface area contributed by atoms with E-state index in [4.69, 9.17) is 0 Å². The summed E-state index contributed by atoms with van der Waals surface area (Å²) in [5.41, 5.74) is 0.0616. The first-order chi connectivity index (χ1) is 13.2. The van der Waals surface area contributed by atoms with Gasteiger partial charge < -0.3 is 10.6 Å². The number of anilines is 3. The van der Waals surface area contributed by atoms with Crippen molar-refractivity contribution in [2.75, 3.05) is 10.6 Å². The standard InChI is InChI=1S/C19H14F4N4O/c1-11-9-16(27-18(24-11)26-14-7-5-13(20)6-8-14)17(28)25-15-4-2-3-12(10-15)19(21,22)23/h2-10H,1H3,(H,25,28)(H,24,26,27). The number of carbonyl (C=O) groups excluding carboxylic acids is 1. The molecule has 0 unspecified atom stereocenters. The van der Waals surface area contributed by atoms with Crippen LogP contribution in [0, 0.1) is 12.7 Å². The molecule has 144 valence electrons. The van der Waals surface area contributed by atoms with Gasteiger partial charge in [-0.25, -0.2) is 14.4 Å². The molecule has 5 nitrogen and oxygen atoms in total. The molecule has 1 amide bonds. The second-order valence-corrected chi connectivity index (χ2v) is 5.88. The maximum absolute atomic E-state index is 13.0. The van der Waals surface area contributed by atoms with Crippen LogP contribution in [-0.4, -0.2) is 15.9 Å². The number of nitrogens with zero attached hydrogens (tertiary/aromatic N) is 2. The Morgan fingerprint density at radius 2 is 1.68 bits per heavy atom. The molecular formula is C19H14F4N4O. The minimum atomic E-state index is -4.52. The molecular weight excluding hydrogens is 376 g/mol. The molecule has 0 radical (unpaired) electrons. The van der Waals surface area contributed by atoms with Crippen molar-refractivity contribution in [3.8, 4) is 0 Å². The summed E-state index contributed by atoms with van der Waals surface area (Å²) in [6.45, 7) is 1.64. The van der Waals surface area contributed by atoms with Gasteiger partial charge in [-0.05, 0) is 55.5 Å². The van der Waals surface area contributed by atoms with Crippen LogP contribution >= 0.6 is 0 Å². The van der Waals surface area contributed by atoms with E-state index in [2.05, 4.69) is 20.6 Å². The molecule has 0 spiro atoms. The third-order valence-corrected chi connectivity index (χ3v) is 3.63. The summed E-state index contributed by atoms with van der Waals surface area (Å²) in [5, 5.41) is 5.23. The first-order valence-electron chi connectivity index (χ1n) is 8.07. The van der Waals surface area contributed by atoms with Crippen LogP contribution in [-0.2, 0) is 6.18 Å². The monoisotopic (exact) mass is 390 g/mol. The smallest absolute Gasteiger partial charge is 0.324 e. The van der Waals surface area contributed by atoms with Gasteiger partial charge >= 0.3 is 6.18 Å². The molecule has 9 heteroatoms. The molecule has 0 saturated heterocycles. The molecule has 1 aromatic heterocycles. The van der Waals surface area contributed by atoms with E-state index in [1.54, 1.807) is 6.92 Å². The van der Waals surface area contributed by atoms with Gasteiger partial charge in [-0.3, -0.25) is 4.79 Å². The number of aromatic nitrogens is 2. The van der Waals surface area contributed by atoms with Crippen molar-refractivity contribution >= 4 is 23.2 Å². The number of nitrogens with one attached hydrogen (secondary N) is 2. The molecule has 0 saturated carbocycles. The zero-order valence-corrected chi connectivity index (χ0v) is 14.5. The highest BCUT2D eigenvalue weighted by Gasteiger charge is 2.30. The van der Waals surface area contributed by atoms with E-state index in [0.29, 0.717) is 11.4 Å². The summed E-state index contributed by atoms with van der Waals surface area (Å²) in [5.74, 6) is -0.996. The minimum Gasteiger partial charge on any atom is -0.324 e. The summed E-state index contributed by atoms with van der Waals surface area (Å²) < 4.78 is 51.4. The van der Waals surface area contributed by atoms with E-state index in [1.165, 1.54) is 42.5 Å². The predicted molar refractivity (Wildman–Crippen MR) is 95.8 cm³/mol. The van der Waals surface area contributed by atoms with E-state index in [9.17, 15) is 22.4 Å². The first kappa shape index (κ1) is 19.3. The number of hydrogen-bond donors (Lipinski definition) is 2. The second kappa shape index (κ2) is 7.63. The molecule has 0 fully saturated rings. The Bertz CT molecular complexity index is 1000. The minimum absolute atomic E-state index is 0.0101. The highest BCUT2D eigenvalue weighted by atomic mass is 19.4. The normalized spacial score (nSPS) is 11.2. The van der Waals surface area contributed by atoms with Crippen LogP contribution in [0.4, 0.5) is 34.9 Å². The number of carbonyl (C=O) groups is 1.